The van der Waals surface area contributed by atoms with Crippen LogP contribution in [-0.4, -0.2) is 35.6 Å². The van der Waals surface area contributed by atoms with Gasteiger partial charge in [0.2, 0.25) is 11.8 Å². The minimum absolute atomic E-state index is 0.0297. The number of hydrogen-bond acceptors (Lipinski definition) is 3. The van der Waals surface area contributed by atoms with Gasteiger partial charge in [0.25, 0.3) is 0 Å². The Morgan fingerprint density at radius 1 is 0.938 bits per heavy atom. The normalized spacial score (nSPS) is 11.6. The molecule has 0 saturated heterocycles. The van der Waals surface area contributed by atoms with Gasteiger partial charge in [0.15, 0.2) is 0 Å². The Hall–Kier alpha value is -2.57. The van der Waals surface area contributed by atoms with Crippen molar-refractivity contribution < 1.29 is 9.59 Å². The molecule has 0 aliphatic rings. The van der Waals surface area contributed by atoms with Gasteiger partial charge in [0, 0.05) is 41.6 Å². The van der Waals surface area contributed by atoms with Crippen molar-refractivity contribution in [2.45, 2.75) is 30.3 Å². The van der Waals surface area contributed by atoms with E-state index in [2.05, 4.69) is 21.2 Å². The fourth-order valence-corrected chi connectivity index (χ4v) is 4.78. The van der Waals surface area contributed by atoms with Crippen LogP contribution in [0.2, 0.25) is 0 Å². The van der Waals surface area contributed by atoms with Crippen LogP contribution in [0.3, 0.4) is 0 Å². The van der Waals surface area contributed by atoms with Crippen molar-refractivity contribution in [3.63, 3.8) is 0 Å². The number of thioether (sulfide) groups is 1. The first kappa shape index (κ1) is 24.1. The highest BCUT2D eigenvalue weighted by Crippen LogP contribution is 2.21. The molecule has 3 aromatic carbocycles. The summed E-state index contributed by atoms with van der Waals surface area (Å²) < 4.78 is 0.946. The highest BCUT2D eigenvalue weighted by molar-refractivity contribution is 9.10. The van der Waals surface area contributed by atoms with Crippen LogP contribution in [0.15, 0.2) is 94.3 Å². The van der Waals surface area contributed by atoms with E-state index in [4.69, 9.17) is 0 Å². The lowest BCUT2D eigenvalue weighted by Crippen LogP contribution is -2.49. The van der Waals surface area contributed by atoms with E-state index in [1.54, 1.807) is 23.7 Å². The van der Waals surface area contributed by atoms with Crippen LogP contribution in [0.1, 0.15) is 17.5 Å². The van der Waals surface area contributed by atoms with Crippen molar-refractivity contribution in [1.82, 2.24) is 10.2 Å². The lowest BCUT2D eigenvalue weighted by Gasteiger charge is -2.31. The van der Waals surface area contributed by atoms with E-state index in [0.29, 0.717) is 25.1 Å². The first-order valence-corrected chi connectivity index (χ1v) is 12.3. The second-order valence-corrected chi connectivity index (χ2v) is 9.47. The molecule has 0 fully saturated rings. The van der Waals surface area contributed by atoms with Crippen LogP contribution >= 0.6 is 27.7 Å². The number of hydrogen-bond donors (Lipinski definition) is 1. The molecule has 1 N–H and O–H groups in total. The molecule has 1 atom stereocenters. The van der Waals surface area contributed by atoms with Crippen LogP contribution in [0.4, 0.5) is 0 Å². The monoisotopic (exact) mass is 510 g/mol. The zero-order valence-electron chi connectivity index (χ0n) is 18.0. The number of carbonyl (C=O) groups is 2. The number of carbonyl (C=O) groups excluding carboxylic acids is 2. The highest BCUT2D eigenvalue weighted by Gasteiger charge is 2.29. The summed E-state index contributed by atoms with van der Waals surface area (Å²) in [6, 6.07) is 27.1. The predicted octanol–water partition coefficient (Wildman–Crippen LogP) is 5.32. The molecule has 3 rings (SSSR count). The molecule has 0 aromatic heterocycles. The zero-order valence-corrected chi connectivity index (χ0v) is 20.4. The Morgan fingerprint density at radius 2 is 1.59 bits per heavy atom. The number of amides is 2. The van der Waals surface area contributed by atoms with Crippen molar-refractivity contribution in [3.05, 3.63) is 101 Å². The quantitative estimate of drug-likeness (QED) is 0.375. The van der Waals surface area contributed by atoms with Crippen molar-refractivity contribution >= 4 is 39.5 Å². The molecular formula is C26H27BrN2O2S. The maximum atomic E-state index is 13.4. The molecule has 166 valence electrons. The van der Waals surface area contributed by atoms with Crippen LogP contribution in [0.25, 0.3) is 0 Å². The Bertz CT molecular complexity index is 1010. The van der Waals surface area contributed by atoms with E-state index in [0.717, 1.165) is 20.5 Å². The topological polar surface area (TPSA) is 49.4 Å². The van der Waals surface area contributed by atoms with Crippen LogP contribution < -0.4 is 5.32 Å². The molecule has 0 saturated carbocycles. The average molecular weight is 511 g/mol. The summed E-state index contributed by atoms with van der Waals surface area (Å²) in [7, 11) is 1.62. The van der Waals surface area contributed by atoms with Crippen LogP contribution in [0, 0.1) is 0 Å². The molecule has 0 heterocycles. The van der Waals surface area contributed by atoms with Crippen molar-refractivity contribution in [2.24, 2.45) is 0 Å². The number of halogens is 1. The zero-order chi connectivity index (χ0) is 22.8. The molecule has 6 heteroatoms. The van der Waals surface area contributed by atoms with Gasteiger partial charge in [-0.1, -0.05) is 76.6 Å². The van der Waals surface area contributed by atoms with E-state index >= 15 is 0 Å². The molecule has 0 aliphatic heterocycles. The van der Waals surface area contributed by atoms with Gasteiger partial charge in [-0.25, -0.2) is 0 Å². The molecule has 32 heavy (non-hydrogen) atoms. The Labute approximate surface area is 202 Å². The molecule has 2 amide bonds. The predicted molar refractivity (Wildman–Crippen MR) is 134 cm³/mol. The Balaban J connectivity index is 1.81. The molecule has 0 bridgehead atoms. The molecule has 0 radical (unpaired) electrons. The van der Waals surface area contributed by atoms with Crippen molar-refractivity contribution in [2.75, 3.05) is 12.8 Å². The largest absolute Gasteiger partial charge is 0.357 e. The number of rotatable bonds is 10. The number of benzene rings is 3. The lowest BCUT2D eigenvalue weighted by molar-refractivity contribution is -0.140. The summed E-state index contributed by atoms with van der Waals surface area (Å²) in [6.07, 6.45) is 0.821. The number of nitrogens with one attached hydrogen (secondary N) is 1. The van der Waals surface area contributed by atoms with Gasteiger partial charge in [-0.3, -0.25) is 9.59 Å². The second-order valence-electron chi connectivity index (χ2n) is 7.38. The van der Waals surface area contributed by atoms with E-state index in [1.165, 1.54) is 0 Å². The third-order valence-corrected chi connectivity index (χ3v) is 6.59. The molecular weight excluding hydrogens is 484 g/mol. The second kappa shape index (κ2) is 12.5. The smallest absolute Gasteiger partial charge is 0.242 e. The molecule has 0 aliphatic carbocycles. The maximum absolute atomic E-state index is 13.4. The summed E-state index contributed by atoms with van der Waals surface area (Å²) in [6.45, 7) is 0.374. The SMILES string of the molecule is CNC(=O)C(Cc1ccccc1)N(Cc1cccc(Br)c1)C(=O)CCSc1ccccc1. The third-order valence-electron chi connectivity index (χ3n) is 5.09. The lowest BCUT2D eigenvalue weighted by atomic mass is 10.0. The fourth-order valence-electron chi connectivity index (χ4n) is 3.47. The minimum Gasteiger partial charge on any atom is -0.357 e. The van der Waals surface area contributed by atoms with Gasteiger partial charge in [0.1, 0.15) is 6.04 Å². The number of likely N-dealkylation sites (N-methyl/N-ethyl adjacent to an activating group) is 1. The Morgan fingerprint density at radius 3 is 2.25 bits per heavy atom. The third kappa shape index (κ3) is 7.24. The van der Waals surface area contributed by atoms with Crippen molar-refractivity contribution in [3.8, 4) is 0 Å². The summed E-state index contributed by atoms with van der Waals surface area (Å²) in [5, 5.41) is 2.75. The van der Waals surface area contributed by atoms with E-state index < -0.39 is 6.04 Å². The number of nitrogens with zero attached hydrogens (tertiary/aromatic N) is 1. The van der Waals surface area contributed by atoms with Gasteiger partial charge in [-0.15, -0.1) is 11.8 Å². The Kier molecular flexibility index (Phi) is 9.38. The van der Waals surface area contributed by atoms with E-state index in [9.17, 15) is 9.59 Å². The summed E-state index contributed by atoms with van der Waals surface area (Å²) >= 11 is 5.15. The maximum Gasteiger partial charge on any atom is 0.242 e. The van der Waals surface area contributed by atoms with Gasteiger partial charge >= 0.3 is 0 Å². The fraction of sp³-hybridized carbons (Fsp3) is 0.231. The first-order chi connectivity index (χ1) is 15.6. The summed E-state index contributed by atoms with van der Waals surface area (Å²) in [4.78, 5) is 29.1. The molecule has 4 nitrogen and oxygen atoms in total. The minimum atomic E-state index is -0.587. The van der Waals surface area contributed by atoms with Gasteiger partial charge < -0.3 is 10.2 Å². The van der Waals surface area contributed by atoms with Gasteiger partial charge in [0.05, 0.1) is 0 Å². The van der Waals surface area contributed by atoms with Crippen LogP contribution in [0.5, 0.6) is 0 Å². The highest BCUT2D eigenvalue weighted by atomic mass is 79.9. The summed E-state index contributed by atoms with van der Waals surface area (Å²) in [5.41, 5.74) is 2.00. The molecule has 0 spiro atoms. The summed E-state index contributed by atoms with van der Waals surface area (Å²) in [5.74, 6) is 0.467. The average Bonchev–Trinajstić information content (AvgIpc) is 2.82. The van der Waals surface area contributed by atoms with Crippen molar-refractivity contribution in [1.29, 1.82) is 0 Å². The van der Waals surface area contributed by atoms with E-state index in [-0.39, 0.29) is 11.8 Å². The molecule has 1 unspecified atom stereocenters. The standard InChI is InChI=1S/C26H27BrN2O2S/c1-28-26(31)24(18-20-9-4-2-5-10-20)29(19-21-11-8-12-22(27)17-21)25(30)15-16-32-23-13-6-3-7-14-23/h2-14,17,24H,15-16,18-19H2,1H3,(H,28,31). The first-order valence-electron chi connectivity index (χ1n) is 10.5. The van der Waals surface area contributed by atoms with Crippen LogP contribution in [-0.2, 0) is 22.6 Å². The van der Waals surface area contributed by atoms with E-state index in [1.807, 2.05) is 84.9 Å². The molecule has 3 aromatic rings. The van der Waals surface area contributed by atoms with Gasteiger partial charge in [-0.2, -0.15) is 0 Å². The van der Waals surface area contributed by atoms with Gasteiger partial charge in [-0.05, 0) is 35.4 Å².